The van der Waals surface area contributed by atoms with Crippen molar-refractivity contribution in [3.63, 3.8) is 0 Å². The molecule has 3 saturated carbocycles. The van der Waals surface area contributed by atoms with Crippen LogP contribution in [-0.2, 0) is 19.1 Å². The van der Waals surface area contributed by atoms with Crippen molar-refractivity contribution in [2.45, 2.75) is 58.8 Å². The second-order valence-electron chi connectivity index (χ2n) is 10.4. The van der Waals surface area contributed by atoms with E-state index in [0.29, 0.717) is 11.8 Å². The minimum absolute atomic E-state index is 0.0290. The number of halogens is 1. The molecule has 4 aliphatic carbocycles. The van der Waals surface area contributed by atoms with Crippen LogP contribution in [0.3, 0.4) is 0 Å². The first-order chi connectivity index (χ1) is 14.6. The number of Topliss-reactive ketones (excluding diaryl/α,β-unsaturated/α-hetero) is 1. The standard InChI is InChI=1S/C25H33ClO5/c1-5-30-23(29)31-13-20(28)21-14(2)10-18-17-7-6-15-11-16(27)8-9-24(15,3)22(17)19(26)12-25(18,21)4/h8-9,11,14,17-19,21-22H,5-7,10,12-13H2,1-4H3/t14-,17?,18?,19?,21?,22?,24-,25-/m0/s1. The number of alkyl halides is 1. The summed E-state index contributed by atoms with van der Waals surface area (Å²) in [6.45, 7) is 8.27. The molecule has 0 N–H and O–H groups in total. The molecule has 0 heterocycles. The predicted octanol–water partition coefficient (Wildman–Crippen LogP) is 5.12. The molecule has 31 heavy (non-hydrogen) atoms. The van der Waals surface area contributed by atoms with E-state index >= 15 is 0 Å². The van der Waals surface area contributed by atoms with Crippen LogP contribution in [0.15, 0.2) is 23.8 Å². The average Bonchev–Trinajstić information content (AvgIpc) is 2.96. The Morgan fingerprint density at radius 2 is 2.00 bits per heavy atom. The SMILES string of the molecule is CCOC(=O)OCC(=O)C1[C@@H](C)CC2C3CCC4=CC(=O)C=C[C@]4(C)C3C(Cl)C[C@@]21C. The van der Waals surface area contributed by atoms with Crippen molar-refractivity contribution < 1.29 is 23.9 Å². The monoisotopic (exact) mass is 448 g/mol. The number of ether oxygens (including phenoxy) is 2. The van der Waals surface area contributed by atoms with Gasteiger partial charge in [0, 0.05) is 16.7 Å². The zero-order valence-corrected chi connectivity index (χ0v) is 19.6. The first-order valence-electron chi connectivity index (χ1n) is 11.5. The first kappa shape index (κ1) is 22.6. The van der Waals surface area contributed by atoms with E-state index < -0.39 is 6.16 Å². The highest BCUT2D eigenvalue weighted by atomic mass is 35.5. The van der Waals surface area contributed by atoms with Gasteiger partial charge in [0.1, 0.15) is 0 Å². The summed E-state index contributed by atoms with van der Waals surface area (Å²) in [5.74, 6) is 1.13. The van der Waals surface area contributed by atoms with Crippen LogP contribution in [0.4, 0.5) is 4.79 Å². The van der Waals surface area contributed by atoms with E-state index in [4.69, 9.17) is 21.1 Å². The van der Waals surface area contributed by atoms with Gasteiger partial charge in [0.25, 0.3) is 0 Å². The van der Waals surface area contributed by atoms with Gasteiger partial charge in [-0.05, 0) is 73.8 Å². The van der Waals surface area contributed by atoms with Crippen molar-refractivity contribution in [1.29, 1.82) is 0 Å². The lowest BCUT2D eigenvalue weighted by Crippen LogP contribution is -2.55. The summed E-state index contributed by atoms with van der Waals surface area (Å²) in [7, 11) is 0. The van der Waals surface area contributed by atoms with Crippen molar-refractivity contribution >= 4 is 29.3 Å². The lowest BCUT2D eigenvalue weighted by atomic mass is 9.47. The third-order valence-corrected chi connectivity index (χ3v) is 9.16. The maximum Gasteiger partial charge on any atom is 0.508 e. The maximum atomic E-state index is 13.2. The number of hydrogen-bond donors (Lipinski definition) is 0. The van der Waals surface area contributed by atoms with E-state index in [2.05, 4.69) is 26.8 Å². The molecule has 6 heteroatoms. The maximum absolute atomic E-state index is 13.2. The fourth-order valence-corrected chi connectivity index (χ4v) is 8.47. The molecule has 0 saturated heterocycles. The van der Waals surface area contributed by atoms with Gasteiger partial charge in [0.05, 0.1) is 6.61 Å². The van der Waals surface area contributed by atoms with E-state index in [0.717, 1.165) is 25.7 Å². The van der Waals surface area contributed by atoms with Gasteiger partial charge < -0.3 is 9.47 Å². The summed E-state index contributed by atoms with van der Waals surface area (Å²) in [5.41, 5.74) is 0.800. The number of carbonyl (C=O) groups is 3. The molecular formula is C25H33ClO5. The molecule has 8 atom stereocenters. The number of ketones is 2. The van der Waals surface area contributed by atoms with Gasteiger partial charge in [0.2, 0.25) is 0 Å². The average molecular weight is 449 g/mol. The molecule has 0 spiro atoms. The highest BCUT2D eigenvalue weighted by Crippen LogP contribution is 2.68. The Balaban J connectivity index is 1.59. The molecule has 4 aliphatic rings. The number of fused-ring (bicyclic) bond motifs is 5. The van der Waals surface area contributed by atoms with Crippen LogP contribution >= 0.6 is 11.6 Å². The van der Waals surface area contributed by atoms with E-state index in [-0.39, 0.29) is 58.7 Å². The second-order valence-corrected chi connectivity index (χ2v) is 10.9. The van der Waals surface area contributed by atoms with E-state index in [1.54, 1.807) is 13.0 Å². The molecule has 170 valence electrons. The molecule has 3 fully saturated rings. The molecule has 0 aromatic rings. The van der Waals surface area contributed by atoms with E-state index in [1.165, 1.54) is 5.57 Å². The molecule has 0 bridgehead atoms. The Hall–Kier alpha value is -1.62. The van der Waals surface area contributed by atoms with Crippen LogP contribution in [-0.4, -0.2) is 36.3 Å². The zero-order chi connectivity index (χ0) is 22.6. The molecule has 5 nitrogen and oxygen atoms in total. The van der Waals surface area contributed by atoms with Crippen LogP contribution in [0.25, 0.3) is 0 Å². The van der Waals surface area contributed by atoms with Gasteiger partial charge in [-0.25, -0.2) is 4.79 Å². The van der Waals surface area contributed by atoms with Gasteiger partial charge >= 0.3 is 6.16 Å². The summed E-state index contributed by atoms with van der Waals surface area (Å²) < 4.78 is 9.87. The Labute approximate surface area is 189 Å². The molecule has 0 aliphatic heterocycles. The third-order valence-electron chi connectivity index (χ3n) is 8.74. The van der Waals surface area contributed by atoms with Crippen molar-refractivity contribution in [2.24, 2.45) is 40.4 Å². The third kappa shape index (κ3) is 3.57. The summed E-state index contributed by atoms with van der Waals surface area (Å²) in [6.07, 6.45) is 8.43. The van der Waals surface area contributed by atoms with E-state index in [1.807, 2.05) is 6.08 Å². The topological polar surface area (TPSA) is 69.7 Å². The van der Waals surface area contributed by atoms with Crippen LogP contribution in [0.1, 0.15) is 53.4 Å². The minimum Gasteiger partial charge on any atom is -0.435 e. The van der Waals surface area contributed by atoms with Crippen molar-refractivity contribution in [2.75, 3.05) is 13.2 Å². The van der Waals surface area contributed by atoms with Crippen molar-refractivity contribution in [3.05, 3.63) is 23.8 Å². The summed E-state index contributed by atoms with van der Waals surface area (Å²) >= 11 is 7.12. The second kappa shape index (κ2) is 8.06. The summed E-state index contributed by atoms with van der Waals surface area (Å²) in [5, 5.41) is -0.0793. The number of hydrogen-bond acceptors (Lipinski definition) is 5. The molecule has 0 amide bonds. The number of rotatable bonds is 4. The first-order valence-corrected chi connectivity index (χ1v) is 12.0. The summed E-state index contributed by atoms with van der Waals surface area (Å²) in [4.78, 5) is 36.7. The Morgan fingerprint density at radius 1 is 1.26 bits per heavy atom. The number of carbonyl (C=O) groups excluding carboxylic acids is 3. The highest BCUT2D eigenvalue weighted by molar-refractivity contribution is 6.21. The normalized spacial score (nSPS) is 43.4. The van der Waals surface area contributed by atoms with Crippen LogP contribution < -0.4 is 0 Å². The van der Waals surface area contributed by atoms with Crippen LogP contribution in [0.2, 0.25) is 0 Å². The Morgan fingerprint density at radius 3 is 2.71 bits per heavy atom. The van der Waals surface area contributed by atoms with Crippen LogP contribution in [0.5, 0.6) is 0 Å². The Kier molecular flexibility index (Phi) is 5.87. The van der Waals surface area contributed by atoms with Gasteiger partial charge in [0.15, 0.2) is 18.2 Å². The van der Waals surface area contributed by atoms with Crippen LogP contribution in [0, 0.1) is 40.4 Å². The lowest BCUT2D eigenvalue weighted by Gasteiger charge is -2.58. The van der Waals surface area contributed by atoms with Gasteiger partial charge in [-0.15, -0.1) is 11.6 Å². The molecule has 4 rings (SSSR count). The van der Waals surface area contributed by atoms with Gasteiger partial charge in [-0.2, -0.15) is 0 Å². The molecule has 0 aromatic heterocycles. The smallest absolute Gasteiger partial charge is 0.435 e. The highest BCUT2D eigenvalue weighted by Gasteiger charge is 2.64. The molecule has 0 radical (unpaired) electrons. The molecular weight excluding hydrogens is 416 g/mol. The quantitative estimate of drug-likeness (QED) is 0.441. The van der Waals surface area contributed by atoms with Gasteiger partial charge in [-0.3, -0.25) is 9.59 Å². The van der Waals surface area contributed by atoms with Crippen molar-refractivity contribution in [3.8, 4) is 0 Å². The fourth-order valence-electron chi connectivity index (χ4n) is 7.69. The fraction of sp³-hybridized carbons (Fsp3) is 0.720. The zero-order valence-electron chi connectivity index (χ0n) is 18.9. The van der Waals surface area contributed by atoms with E-state index in [9.17, 15) is 14.4 Å². The summed E-state index contributed by atoms with van der Waals surface area (Å²) in [6, 6.07) is 0. The molecule has 0 aromatic carbocycles. The molecule has 5 unspecified atom stereocenters. The minimum atomic E-state index is -0.791. The van der Waals surface area contributed by atoms with Gasteiger partial charge in [-0.1, -0.05) is 32.4 Å². The Bertz CT molecular complexity index is 847. The number of allylic oxidation sites excluding steroid dienone is 4. The largest absolute Gasteiger partial charge is 0.508 e. The van der Waals surface area contributed by atoms with Crippen molar-refractivity contribution in [1.82, 2.24) is 0 Å². The predicted molar refractivity (Wildman–Crippen MR) is 118 cm³/mol. The lowest BCUT2D eigenvalue weighted by molar-refractivity contribution is -0.134.